The van der Waals surface area contributed by atoms with Gasteiger partial charge in [-0.3, -0.25) is 9.59 Å². The molecule has 162 valence electrons. The molecule has 1 saturated carbocycles. The monoisotopic (exact) mass is 443 g/mol. The van der Waals surface area contributed by atoms with Crippen LogP contribution in [0.3, 0.4) is 0 Å². The van der Waals surface area contributed by atoms with Gasteiger partial charge in [0.25, 0.3) is 5.91 Å². The van der Waals surface area contributed by atoms with Crippen molar-refractivity contribution < 1.29 is 18.7 Å². The summed E-state index contributed by atoms with van der Waals surface area (Å²) in [5, 5.41) is 6.78. The molecule has 0 aliphatic heterocycles. The Balaban J connectivity index is 1.62. The van der Waals surface area contributed by atoms with Crippen LogP contribution >= 0.6 is 11.3 Å². The number of nitrogens with one attached hydrogen (secondary N) is 2. The first-order valence-electron chi connectivity index (χ1n) is 9.86. The third-order valence-corrected chi connectivity index (χ3v) is 6.45. The van der Waals surface area contributed by atoms with E-state index in [1.807, 2.05) is 0 Å². The molecular formula is C21H22FN5O3S. The lowest BCUT2D eigenvalue weighted by atomic mass is 10.2. The highest BCUT2D eigenvalue weighted by Gasteiger charge is 2.27. The highest BCUT2D eigenvalue weighted by atomic mass is 32.1. The van der Waals surface area contributed by atoms with Crippen LogP contribution in [-0.2, 0) is 4.79 Å². The molecule has 1 aliphatic carbocycles. The molecular weight excluding hydrogens is 421 g/mol. The van der Waals surface area contributed by atoms with Crippen LogP contribution in [0.15, 0.2) is 24.5 Å². The number of amides is 2. The van der Waals surface area contributed by atoms with Gasteiger partial charge in [-0.15, -0.1) is 11.3 Å². The molecule has 8 nitrogen and oxygen atoms in total. The number of ether oxygens (including phenoxy) is 1. The fourth-order valence-electron chi connectivity index (χ4n) is 3.87. The first-order valence-corrected chi connectivity index (χ1v) is 10.7. The lowest BCUT2D eigenvalue weighted by Gasteiger charge is -2.18. The zero-order valence-electron chi connectivity index (χ0n) is 17.1. The summed E-state index contributed by atoms with van der Waals surface area (Å²) >= 11 is 1.20. The quantitative estimate of drug-likeness (QED) is 0.537. The van der Waals surface area contributed by atoms with Crippen LogP contribution in [0.1, 0.15) is 41.4 Å². The molecule has 4 rings (SSSR count). The maximum Gasteiger partial charge on any atom is 0.259 e. The van der Waals surface area contributed by atoms with Crippen LogP contribution in [0.4, 0.5) is 15.9 Å². The number of fused-ring (bicyclic) bond motifs is 1. The smallest absolute Gasteiger partial charge is 0.259 e. The molecule has 2 amide bonds. The lowest BCUT2D eigenvalue weighted by Crippen LogP contribution is -2.31. The second-order valence-corrected chi connectivity index (χ2v) is 8.54. The minimum Gasteiger partial charge on any atom is -0.488 e. The number of aromatic nitrogens is 2. The van der Waals surface area contributed by atoms with Crippen molar-refractivity contribution in [1.29, 1.82) is 0 Å². The molecule has 1 aliphatic rings. The van der Waals surface area contributed by atoms with E-state index < -0.39 is 11.7 Å². The van der Waals surface area contributed by atoms with E-state index in [2.05, 4.69) is 20.6 Å². The Labute approximate surface area is 182 Å². The Hall–Kier alpha value is -3.27. The SMILES string of the molecule is CC(=O)N[C@H]1CC[C@H](Oc2cc(F)ccc2Nc2ncnc3sc(C(N)=O)c(C)c23)C1. The van der Waals surface area contributed by atoms with Crippen LogP contribution < -0.4 is 21.1 Å². The summed E-state index contributed by atoms with van der Waals surface area (Å²) in [6.45, 7) is 3.28. The standard InChI is InChI=1S/C21H22FN5O3S/c1-10-17-20(24-9-25-21(17)31-18(10)19(23)29)27-15-6-3-12(22)7-16(15)30-14-5-4-13(8-14)26-11(2)28/h3,6-7,9,13-14H,4-5,8H2,1-2H3,(H2,23,29)(H,26,28)(H,24,25,27)/t13-,14-/m0/s1. The van der Waals surface area contributed by atoms with Gasteiger partial charge in [0, 0.05) is 25.5 Å². The van der Waals surface area contributed by atoms with E-state index in [0.29, 0.717) is 44.3 Å². The predicted molar refractivity (Wildman–Crippen MR) is 116 cm³/mol. The molecule has 1 fully saturated rings. The summed E-state index contributed by atoms with van der Waals surface area (Å²) in [5.74, 6) is -0.193. The zero-order valence-corrected chi connectivity index (χ0v) is 17.9. The largest absolute Gasteiger partial charge is 0.488 e. The average Bonchev–Trinajstić information content (AvgIpc) is 3.28. The van der Waals surface area contributed by atoms with E-state index in [-0.39, 0.29) is 18.1 Å². The predicted octanol–water partition coefficient (Wildman–Crippen LogP) is 3.42. The maximum absolute atomic E-state index is 14.0. The molecule has 0 saturated heterocycles. The van der Waals surface area contributed by atoms with E-state index in [1.54, 1.807) is 13.0 Å². The molecule has 0 bridgehead atoms. The average molecular weight is 444 g/mol. The van der Waals surface area contributed by atoms with E-state index in [9.17, 15) is 14.0 Å². The number of halogens is 1. The number of primary amides is 1. The topological polar surface area (TPSA) is 119 Å². The maximum atomic E-state index is 14.0. The van der Waals surface area contributed by atoms with Gasteiger partial charge in [0.05, 0.1) is 16.0 Å². The van der Waals surface area contributed by atoms with Crippen molar-refractivity contribution in [3.05, 3.63) is 40.8 Å². The van der Waals surface area contributed by atoms with Gasteiger partial charge in [-0.05, 0) is 37.5 Å². The van der Waals surface area contributed by atoms with E-state index in [0.717, 1.165) is 12.8 Å². The number of hydrogen-bond acceptors (Lipinski definition) is 7. The summed E-state index contributed by atoms with van der Waals surface area (Å²) in [6, 6.07) is 4.28. The van der Waals surface area contributed by atoms with Crippen molar-refractivity contribution in [1.82, 2.24) is 15.3 Å². The minimum absolute atomic E-state index is 0.0506. The number of nitrogens with zero attached hydrogens (tertiary/aromatic N) is 2. The third-order valence-electron chi connectivity index (χ3n) is 5.23. The van der Waals surface area contributed by atoms with Gasteiger partial charge in [0.1, 0.15) is 34.6 Å². The van der Waals surface area contributed by atoms with Gasteiger partial charge in [-0.25, -0.2) is 14.4 Å². The number of benzene rings is 1. The second-order valence-electron chi connectivity index (χ2n) is 7.54. The molecule has 0 unspecified atom stereocenters. The summed E-state index contributed by atoms with van der Waals surface area (Å²) in [6.07, 6.45) is 3.46. The molecule has 0 radical (unpaired) electrons. The van der Waals surface area contributed by atoms with Crippen LogP contribution in [0.25, 0.3) is 10.2 Å². The van der Waals surface area contributed by atoms with Crippen LogP contribution in [-0.4, -0.2) is 33.9 Å². The number of nitrogens with two attached hydrogens (primary N) is 1. The van der Waals surface area contributed by atoms with Crippen molar-refractivity contribution in [2.75, 3.05) is 5.32 Å². The van der Waals surface area contributed by atoms with Gasteiger partial charge in [-0.1, -0.05) is 0 Å². The Morgan fingerprint density at radius 2 is 2.10 bits per heavy atom. The summed E-state index contributed by atoms with van der Waals surface area (Å²) in [7, 11) is 0. The van der Waals surface area contributed by atoms with Crippen molar-refractivity contribution in [2.24, 2.45) is 5.73 Å². The normalized spacial score (nSPS) is 18.2. The van der Waals surface area contributed by atoms with Crippen LogP contribution in [0, 0.1) is 12.7 Å². The molecule has 4 N–H and O–H groups in total. The number of rotatable bonds is 6. The zero-order chi connectivity index (χ0) is 22.1. The minimum atomic E-state index is -0.521. The highest BCUT2D eigenvalue weighted by Crippen LogP contribution is 2.37. The van der Waals surface area contributed by atoms with Crippen molar-refractivity contribution in [3.63, 3.8) is 0 Å². The van der Waals surface area contributed by atoms with Gasteiger partial charge in [0.15, 0.2) is 0 Å². The van der Waals surface area contributed by atoms with Crippen molar-refractivity contribution >= 4 is 44.9 Å². The first-order chi connectivity index (χ1) is 14.8. The Morgan fingerprint density at radius 1 is 1.29 bits per heavy atom. The molecule has 3 aromatic rings. The van der Waals surface area contributed by atoms with Crippen LogP contribution in [0.2, 0.25) is 0 Å². The van der Waals surface area contributed by atoms with Gasteiger partial charge in [-0.2, -0.15) is 0 Å². The molecule has 10 heteroatoms. The summed E-state index contributed by atoms with van der Waals surface area (Å²) in [5.41, 5.74) is 6.70. The van der Waals surface area contributed by atoms with Crippen molar-refractivity contribution in [3.8, 4) is 5.75 Å². The van der Waals surface area contributed by atoms with Crippen LogP contribution in [0.5, 0.6) is 5.75 Å². The molecule has 0 spiro atoms. The number of thiophene rings is 1. The number of anilines is 2. The van der Waals surface area contributed by atoms with Gasteiger partial charge in [0.2, 0.25) is 5.91 Å². The Bertz CT molecular complexity index is 1170. The van der Waals surface area contributed by atoms with Gasteiger partial charge >= 0.3 is 0 Å². The first kappa shape index (κ1) is 21.0. The van der Waals surface area contributed by atoms with E-state index >= 15 is 0 Å². The number of hydrogen-bond donors (Lipinski definition) is 3. The summed E-state index contributed by atoms with van der Waals surface area (Å²) < 4.78 is 20.1. The number of carbonyl (C=O) groups excluding carboxylic acids is 2. The van der Waals surface area contributed by atoms with Crippen molar-refractivity contribution in [2.45, 2.75) is 45.3 Å². The summed E-state index contributed by atoms with van der Waals surface area (Å²) in [4.78, 5) is 32.6. The Morgan fingerprint density at radius 3 is 2.84 bits per heavy atom. The molecule has 31 heavy (non-hydrogen) atoms. The number of carbonyl (C=O) groups is 2. The third kappa shape index (κ3) is 4.43. The molecule has 2 heterocycles. The molecule has 2 aromatic heterocycles. The fourth-order valence-corrected chi connectivity index (χ4v) is 4.87. The number of aryl methyl sites for hydroxylation is 1. The lowest BCUT2D eigenvalue weighted by molar-refractivity contribution is -0.119. The second kappa shape index (κ2) is 8.46. The Kier molecular flexibility index (Phi) is 5.73. The van der Waals surface area contributed by atoms with E-state index in [1.165, 1.54) is 36.7 Å². The highest BCUT2D eigenvalue weighted by molar-refractivity contribution is 7.20. The fraction of sp³-hybridized carbons (Fsp3) is 0.333. The van der Waals surface area contributed by atoms with Gasteiger partial charge < -0.3 is 21.1 Å². The van der Waals surface area contributed by atoms with E-state index in [4.69, 9.17) is 10.5 Å². The molecule has 2 atom stereocenters. The molecule has 1 aromatic carbocycles.